The molecule has 0 aliphatic carbocycles. The first kappa shape index (κ1) is 17.9. The van der Waals surface area contributed by atoms with E-state index in [0.717, 1.165) is 16.0 Å². The molecule has 8 heteroatoms. The number of nitrogens with zero attached hydrogens (tertiary/aromatic N) is 3. The summed E-state index contributed by atoms with van der Waals surface area (Å²) in [6, 6.07) is 5.92. The van der Waals surface area contributed by atoms with Crippen LogP contribution in [-0.4, -0.2) is 33.5 Å². The monoisotopic (exact) mass is 370 g/mol. The van der Waals surface area contributed by atoms with Crippen molar-refractivity contribution in [3.8, 4) is 6.07 Å². The van der Waals surface area contributed by atoms with E-state index in [4.69, 9.17) is 5.11 Å². The van der Waals surface area contributed by atoms with Crippen LogP contribution in [0.5, 0.6) is 0 Å². The molecule has 0 saturated carbocycles. The molecule has 0 fully saturated rings. The van der Waals surface area contributed by atoms with Crippen LogP contribution in [0, 0.1) is 11.3 Å². The number of pyridine rings is 1. The van der Waals surface area contributed by atoms with Crippen molar-refractivity contribution in [3.05, 3.63) is 46.1 Å². The smallest absolute Gasteiger partial charge is 0.407 e. The molecule has 7 nitrogen and oxygen atoms in total. The van der Waals surface area contributed by atoms with Gasteiger partial charge in [0.05, 0.1) is 12.1 Å². The van der Waals surface area contributed by atoms with Crippen LogP contribution in [0.2, 0.25) is 0 Å². The largest absolute Gasteiger partial charge is 0.465 e. The van der Waals surface area contributed by atoms with Gasteiger partial charge in [0.2, 0.25) is 5.91 Å². The minimum atomic E-state index is -0.974. The number of thiophene rings is 1. The van der Waals surface area contributed by atoms with E-state index in [1.54, 1.807) is 12.4 Å². The minimum absolute atomic E-state index is 0.00586. The first-order chi connectivity index (χ1) is 12.5. The molecule has 1 atom stereocenters. The van der Waals surface area contributed by atoms with E-state index < -0.39 is 6.09 Å². The quantitative estimate of drug-likeness (QED) is 0.860. The van der Waals surface area contributed by atoms with Crippen LogP contribution < -0.4 is 5.32 Å². The highest BCUT2D eigenvalue weighted by Gasteiger charge is 2.27. The molecule has 0 radical (unpaired) electrons. The fourth-order valence-electron chi connectivity index (χ4n) is 3.01. The van der Waals surface area contributed by atoms with Gasteiger partial charge in [-0.1, -0.05) is 13.0 Å². The molecule has 2 amide bonds. The molecule has 2 aromatic heterocycles. The Kier molecular flexibility index (Phi) is 5.19. The number of carbonyl (C=O) groups is 2. The molecule has 134 valence electrons. The summed E-state index contributed by atoms with van der Waals surface area (Å²) >= 11 is 1.29. The summed E-state index contributed by atoms with van der Waals surface area (Å²) in [6.45, 7) is 2.57. The van der Waals surface area contributed by atoms with Gasteiger partial charge in [0, 0.05) is 30.2 Å². The average Bonchev–Trinajstić information content (AvgIpc) is 2.98. The number of hydrogen-bond donors (Lipinski definition) is 2. The lowest BCUT2D eigenvalue weighted by Crippen LogP contribution is -2.34. The van der Waals surface area contributed by atoms with Crippen LogP contribution in [-0.2, 0) is 17.8 Å². The second-order valence-electron chi connectivity index (χ2n) is 6.21. The number of hydrogen-bond acceptors (Lipinski definition) is 5. The lowest BCUT2D eigenvalue weighted by molar-refractivity contribution is -0.116. The molecule has 0 bridgehead atoms. The molecule has 26 heavy (non-hydrogen) atoms. The molecule has 1 unspecified atom stereocenters. The van der Waals surface area contributed by atoms with E-state index in [1.807, 2.05) is 19.1 Å². The molecule has 1 aliphatic rings. The Morgan fingerprint density at radius 2 is 2.35 bits per heavy atom. The van der Waals surface area contributed by atoms with Gasteiger partial charge in [0.1, 0.15) is 11.1 Å². The Bertz CT molecular complexity index is 873. The van der Waals surface area contributed by atoms with Crippen molar-refractivity contribution in [2.75, 3.05) is 11.9 Å². The fraction of sp³-hybridized carbons (Fsp3) is 0.333. The van der Waals surface area contributed by atoms with Gasteiger partial charge in [0.25, 0.3) is 0 Å². The van der Waals surface area contributed by atoms with Crippen molar-refractivity contribution in [1.29, 1.82) is 5.26 Å². The maximum Gasteiger partial charge on any atom is 0.407 e. The van der Waals surface area contributed by atoms with Gasteiger partial charge >= 0.3 is 6.09 Å². The number of aromatic nitrogens is 1. The molecule has 2 N–H and O–H groups in total. The second-order valence-corrected chi connectivity index (χ2v) is 7.32. The number of carbonyl (C=O) groups excluding carboxylic acids is 1. The van der Waals surface area contributed by atoms with Crippen LogP contribution in [0.25, 0.3) is 0 Å². The van der Waals surface area contributed by atoms with Crippen molar-refractivity contribution in [2.24, 2.45) is 0 Å². The first-order valence-corrected chi connectivity index (χ1v) is 9.03. The summed E-state index contributed by atoms with van der Waals surface area (Å²) in [5, 5.41) is 22.0. The number of amides is 2. The summed E-state index contributed by atoms with van der Waals surface area (Å²) in [5.41, 5.74) is 2.29. The number of rotatable bonds is 4. The van der Waals surface area contributed by atoms with E-state index in [0.29, 0.717) is 23.5 Å². The third-order valence-electron chi connectivity index (χ3n) is 4.44. The zero-order valence-corrected chi connectivity index (χ0v) is 15.0. The van der Waals surface area contributed by atoms with Crippen LogP contribution in [0.4, 0.5) is 9.80 Å². The van der Waals surface area contributed by atoms with Gasteiger partial charge in [-0.15, -0.1) is 11.3 Å². The van der Waals surface area contributed by atoms with Gasteiger partial charge < -0.3 is 15.3 Å². The Hall–Kier alpha value is -2.92. The third-order valence-corrected chi connectivity index (χ3v) is 5.57. The highest BCUT2D eigenvalue weighted by molar-refractivity contribution is 7.16. The fourth-order valence-corrected chi connectivity index (χ4v) is 4.24. The lowest BCUT2D eigenvalue weighted by Gasteiger charge is -2.23. The van der Waals surface area contributed by atoms with Crippen LogP contribution >= 0.6 is 11.3 Å². The molecule has 0 saturated heterocycles. The summed E-state index contributed by atoms with van der Waals surface area (Å²) in [4.78, 5) is 29.8. The summed E-state index contributed by atoms with van der Waals surface area (Å²) in [5.74, 6) is -0.169. The Morgan fingerprint density at radius 3 is 3.00 bits per heavy atom. The average molecular weight is 370 g/mol. The highest BCUT2D eigenvalue weighted by Crippen LogP contribution is 2.37. The minimum Gasteiger partial charge on any atom is -0.465 e. The topological polar surface area (TPSA) is 106 Å². The van der Waals surface area contributed by atoms with Crippen molar-refractivity contribution in [1.82, 2.24) is 9.88 Å². The number of nitrogens with one attached hydrogen (secondary N) is 1. The van der Waals surface area contributed by atoms with E-state index in [-0.39, 0.29) is 24.8 Å². The van der Waals surface area contributed by atoms with Gasteiger partial charge in [0.15, 0.2) is 0 Å². The molecule has 0 spiro atoms. The van der Waals surface area contributed by atoms with Crippen molar-refractivity contribution < 1.29 is 14.7 Å². The van der Waals surface area contributed by atoms with Crippen LogP contribution in [0.15, 0.2) is 24.5 Å². The second kappa shape index (κ2) is 7.54. The van der Waals surface area contributed by atoms with Gasteiger partial charge in [-0.05, 0) is 29.5 Å². The third kappa shape index (κ3) is 3.68. The SMILES string of the molecule is CC(CC(=O)Nc1sc2c(c1C#N)CCN(C(=O)O)C2)c1cccnc1. The Balaban J connectivity index is 1.73. The maximum absolute atomic E-state index is 12.4. The molecule has 1 aliphatic heterocycles. The molecule has 3 rings (SSSR count). The normalized spacial score (nSPS) is 14.2. The van der Waals surface area contributed by atoms with Gasteiger partial charge in [-0.2, -0.15) is 5.26 Å². The van der Waals surface area contributed by atoms with Crippen molar-refractivity contribution in [2.45, 2.75) is 32.2 Å². The zero-order chi connectivity index (χ0) is 18.7. The van der Waals surface area contributed by atoms with Gasteiger partial charge in [-0.25, -0.2) is 4.79 Å². The van der Waals surface area contributed by atoms with Crippen LogP contribution in [0.3, 0.4) is 0 Å². The molecule has 0 aromatic carbocycles. The number of nitriles is 1. The van der Waals surface area contributed by atoms with Gasteiger partial charge in [-0.3, -0.25) is 9.78 Å². The van der Waals surface area contributed by atoms with Crippen LogP contribution in [0.1, 0.15) is 40.8 Å². The summed E-state index contributed by atoms with van der Waals surface area (Å²) in [6.07, 6.45) is 3.22. The molecular formula is C18H18N4O3S. The number of fused-ring (bicyclic) bond motifs is 1. The standard InChI is InChI=1S/C18H18N4O3S/c1-11(12-3-2-5-20-9-12)7-16(23)21-17-14(8-19)13-4-6-22(18(24)25)10-15(13)26-17/h2-3,5,9,11H,4,6-7,10H2,1H3,(H,21,23)(H,24,25). The summed E-state index contributed by atoms with van der Waals surface area (Å²) < 4.78 is 0. The van der Waals surface area contributed by atoms with E-state index >= 15 is 0 Å². The lowest BCUT2D eigenvalue weighted by atomic mass is 9.99. The Morgan fingerprint density at radius 1 is 1.54 bits per heavy atom. The maximum atomic E-state index is 12.4. The number of anilines is 1. The summed E-state index contributed by atoms with van der Waals surface area (Å²) in [7, 11) is 0. The number of carboxylic acid groups (broad SMARTS) is 1. The van der Waals surface area contributed by atoms with E-state index in [2.05, 4.69) is 16.4 Å². The predicted octanol–water partition coefficient (Wildman–Crippen LogP) is 3.18. The predicted molar refractivity (Wildman–Crippen MR) is 97.1 cm³/mol. The highest BCUT2D eigenvalue weighted by atomic mass is 32.1. The van der Waals surface area contributed by atoms with E-state index in [9.17, 15) is 14.9 Å². The molecular weight excluding hydrogens is 352 g/mol. The van der Waals surface area contributed by atoms with Crippen molar-refractivity contribution in [3.63, 3.8) is 0 Å². The van der Waals surface area contributed by atoms with Crippen molar-refractivity contribution >= 4 is 28.3 Å². The first-order valence-electron chi connectivity index (χ1n) is 8.22. The Labute approximate surface area is 154 Å². The molecule has 3 heterocycles. The van der Waals surface area contributed by atoms with E-state index in [1.165, 1.54) is 16.2 Å². The zero-order valence-electron chi connectivity index (χ0n) is 14.2. The molecule has 2 aromatic rings.